The van der Waals surface area contributed by atoms with Gasteiger partial charge in [0.2, 0.25) is 0 Å². The smallest absolute Gasteiger partial charge is 0.399 e. The van der Waals surface area contributed by atoms with Crippen molar-refractivity contribution < 1.29 is 9.31 Å². The molecule has 2 heterocycles. The Bertz CT molecular complexity index is 643. The molecule has 1 aliphatic heterocycles. The molecule has 3 rings (SSSR count). The third-order valence-corrected chi connectivity index (χ3v) is 6.09. The molecule has 1 saturated heterocycles. The van der Waals surface area contributed by atoms with Gasteiger partial charge in [0.05, 0.1) is 29.3 Å². The molecule has 0 spiro atoms. The standard InChI is InChI=1S/C13H17BIN2O2P/c1-12(2)13(3,4)19-14(18-12)10-6-5-9-8-16-17(20-15)11(9)7-10/h5-8,20H,1-4H3. The molecule has 0 amide bonds. The highest BCUT2D eigenvalue weighted by Gasteiger charge is 2.51. The van der Waals surface area contributed by atoms with Gasteiger partial charge in [0.1, 0.15) is 0 Å². The van der Waals surface area contributed by atoms with E-state index in [2.05, 4.69) is 73.0 Å². The zero-order chi connectivity index (χ0) is 14.5. The highest BCUT2D eigenvalue weighted by atomic mass is 127. The number of hydrogen-bond donors (Lipinski definition) is 0. The number of halogens is 1. The van der Waals surface area contributed by atoms with Gasteiger partial charge < -0.3 is 9.31 Å². The van der Waals surface area contributed by atoms with E-state index in [-0.39, 0.29) is 18.3 Å². The Balaban J connectivity index is 1.99. The van der Waals surface area contributed by atoms with Crippen LogP contribution in [0.5, 0.6) is 0 Å². The van der Waals surface area contributed by atoms with Crippen molar-refractivity contribution in [2.75, 3.05) is 0 Å². The molecule has 0 aliphatic carbocycles. The molecule has 4 nitrogen and oxygen atoms in total. The summed E-state index contributed by atoms with van der Waals surface area (Å²) in [5.74, 6) is 0. The van der Waals surface area contributed by atoms with E-state index >= 15 is 0 Å². The molecule has 1 aromatic carbocycles. The van der Waals surface area contributed by atoms with E-state index in [4.69, 9.17) is 9.31 Å². The summed E-state index contributed by atoms with van der Waals surface area (Å²) >= 11 is 2.33. The molecule has 1 aliphatic rings. The number of benzene rings is 1. The molecule has 0 bridgehead atoms. The van der Waals surface area contributed by atoms with Crippen LogP contribution in [0.1, 0.15) is 27.7 Å². The molecule has 106 valence electrons. The minimum Gasteiger partial charge on any atom is -0.399 e. The number of fused-ring (bicyclic) bond motifs is 1. The van der Waals surface area contributed by atoms with E-state index < -0.39 is 0 Å². The molecule has 0 N–H and O–H groups in total. The van der Waals surface area contributed by atoms with Crippen molar-refractivity contribution in [3.8, 4) is 0 Å². The van der Waals surface area contributed by atoms with Gasteiger partial charge >= 0.3 is 7.12 Å². The Hall–Kier alpha value is -0.165. The van der Waals surface area contributed by atoms with Crippen molar-refractivity contribution >= 4 is 51.9 Å². The normalized spacial score (nSPS) is 21.4. The Labute approximate surface area is 134 Å². The van der Waals surface area contributed by atoms with Crippen molar-refractivity contribution in [2.24, 2.45) is 0 Å². The summed E-state index contributed by atoms with van der Waals surface area (Å²) in [5, 5.41) is 5.53. The topological polar surface area (TPSA) is 36.3 Å². The van der Waals surface area contributed by atoms with Gasteiger partial charge in [0, 0.05) is 5.39 Å². The van der Waals surface area contributed by atoms with Crippen LogP contribution in [0, 0.1) is 0 Å². The number of nitrogens with zero attached hydrogens (tertiary/aromatic N) is 2. The van der Waals surface area contributed by atoms with E-state index in [1.807, 2.05) is 10.6 Å². The third kappa shape index (κ3) is 2.30. The van der Waals surface area contributed by atoms with Gasteiger partial charge in [-0.3, -0.25) is 0 Å². The molecule has 0 saturated carbocycles. The SMILES string of the molecule is CC1(C)OB(c2ccc3cnn(PI)c3c2)OC1(C)C. The van der Waals surface area contributed by atoms with Gasteiger partial charge in [-0.1, -0.05) is 12.1 Å². The van der Waals surface area contributed by atoms with Crippen molar-refractivity contribution in [3.05, 3.63) is 24.4 Å². The van der Waals surface area contributed by atoms with Gasteiger partial charge in [-0.05, 0) is 61.3 Å². The fraction of sp³-hybridized carbons (Fsp3) is 0.462. The average molecular weight is 402 g/mol. The Morgan fingerprint density at radius 1 is 1.20 bits per heavy atom. The predicted octanol–water partition coefficient (Wildman–Crippen LogP) is 3.13. The monoisotopic (exact) mass is 402 g/mol. The van der Waals surface area contributed by atoms with Crippen molar-refractivity contribution in [1.82, 2.24) is 9.55 Å². The maximum atomic E-state index is 6.10. The number of aromatic nitrogens is 2. The van der Waals surface area contributed by atoms with Crippen molar-refractivity contribution in [1.29, 1.82) is 0 Å². The summed E-state index contributed by atoms with van der Waals surface area (Å²) in [6.45, 7) is 8.29. The first-order valence-electron chi connectivity index (χ1n) is 6.54. The molecule has 1 fully saturated rings. The second-order valence-electron chi connectivity index (χ2n) is 6.05. The fourth-order valence-electron chi connectivity index (χ4n) is 2.23. The second-order valence-corrected chi connectivity index (χ2v) is 8.09. The zero-order valence-electron chi connectivity index (χ0n) is 12.0. The lowest BCUT2D eigenvalue weighted by Crippen LogP contribution is -2.41. The highest BCUT2D eigenvalue weighted by Crippen LogP contribution is 2.36. The number of rotatable bonds is 2. The minimum absolute atomic E-state index is 0.308. The molecule has 7 heteroatoms. The minimum atomic E-state index is -0.315. The first-order chi connectivity index (χ1) is 9.34. The lowest BCUT2D eigenvalue weighted by Gasteiger charge is -2.32. The zero-order valence-corrected chi connectivity index (χ0v) is 15.1. The first kappa shape index (κ1) is 14.8. The Morgan fingerprint density at radius 3 is 2.45 bits per heavy atom. The average Bonchev–Trinajstić information content (AvgIpc) is 2.87. The van der Waals surface area contributed by atoms with Gasteiger partial charge in [-0.2, -0.15) is 5.10 Å². The molecule has 1 unspecified atom stereocenters. The predicted molar refractivity (Wildman–Crippen MR) is 93.2 cm³/mol. The van der Waals surface area contributed by atoms with Gasteiger partial charge in [0.25, 0.3) is 0 Å². The highest BCUT2D eigenvalue weighted by molar-refractivity contribution is 14.2. The van der Waals surface area contributed by atoms with Crippen LogP contribution in [0.4, 0.5) is 0 Å². The lowest BCUT2D eigenvalue weighted by atomic mass is 9.79. The molecule has 0 radical (unpaired) electrons. The van der Waals surface area contributed by atoms with Crippen LogP contribution in [0.2, 0.25) is 0 Å². The summed E-state index contributed by atoms with van der Waals surface area (Å²) in [6, 6.07) is 6.26. The van der Waals surface area contributed by atoms with Gasteiger partial charge in [0.15, 0.2) is 0 Å². The molecule has 1 aromatic heterocycles. The van der Waals surface area contributed by atoms with Gasteiger partial charge in [-0.15, -0.1) is 0 Å². The summed E-state index contributed by atoms with van der Waals surface area (Å²) in [4.78, 5) is 0. The van der Waals surface area contributed by atoms with E-state index in [0.29, 0.717) is 6.37 Å². The van der Waals surface area contributed by atoms with E-state index in [1.165, 1.54) is 0 Å². The summed E-state index contributed by atoms with van der Waals surface area (Å²) in [5.41, 5.74) is 1.56. The van der Waals surface area contributed by atoms with Crippen LogP contribution in [0.3, 0.4) is 0 Å². The van der Waals surface area contributed by atoms with Crippen LogP contribution in [0.15, 0.2) is 24.4 Å². The summed E-state index contributed by atoms with van der Waals surface area (Å²) < 4.78 is 14.2. The quantitative estimate of drug-likeness (QED) is 0.440. The maximum Gasteiger partial charge on any atom is 0.494 e. The summed E-state index contributed by atoms with van der Waals surface area (Å²) in [6.07, 6.45) is 2.48. The molecular weight excluding hydrogens is 385 g/mol. The largest absolute Gasteiger partial charge is 0.494 e. The fourth-order valence-corrected chi connectivity index (χ4v) is 3.77. The van der Waals surface area contributed by atoms with Gasteiger partial charge in [-0.25, -0.2) is 4.45 Å². The number of hydrogen-bond acceptors (Lipinski definition) is 3. The van der Waals surface area contributed by atoms with Crippen LogP contribution < -0.4 is 5.46 Å². The van der Waals surface area contributed by atoms with Crippen LogP contribution in [-0.4, -0.2) is 27.9 Å². The Kier molecular flexibility index (Phi) is 3.64. The van der Waals surface area contributed by atoms with E-state index in [1.54, 1.807) is 0 Å². The van der Waals surface area contributed by atoms with Crippen molar-refractivity contribution in [2.45, 2.75) is 38.9 Å². The van der Waals surface area contributed by atoms with Crippen molar-refractivity contribution in [3.63, 3.8) is 0 Å². The molecule has 1 atom stereocenters. The van der Waals surface area contributed by atoms with E-state index in [9.17, 15) is 0 Å². The molecule has 2 aromatic rings. The summed E-state index contributed by atoms with van der Waals surface area (Å²) in [7, 11) is -0.315. The van der Waals surface area contributed by atoms with Crippen LogP contribution >= 0.6 is 28.4 Å². The third-order valence-electron chi connectivity index (χ3n) is 4.20. The molecular formula is C13H17BIN2O2P. The van der Waals surface area contributed by atoms with Crippen LogP contribution in [-0.2, 0) is 9.31 Å². The second kappa shape index (κ2) is 4.94. The molecule has 20 heavy (non-hydrogen) atoms. The van der Waals surface area contributed by atoms with Crippen LogP contribution in [0.25, 0.3) is 10.9 Å². The van der Waals surface area contributed by atoms with E-state index in [0.717, 1.165) is 16.4 Å². The Morgan fingerprint density at radius 2 is 1.85 bits per heavy atom. The lowest BCUT2D eigenvalue weighted by molar-refractivity contribution is 0.00578. The first-order valence-corrected chi connectivity index (χ1v) is 10.6. The maximum absolute atomic E-state index is 6.10.